The summed E-state index contributed by atoms with van der Waals surface area (Å²) in [6.45, 7) is 5.37. The summed E-state index contributed by atoms with van der Waals surface area (Å²) in [5.41, 5.74) is -0.0662. The van der Waals surface area contributed by atoms with Crippen LogP contribution in [0.1, 0.15) is 26.3 Å². The van der Waals surface area contributed by atoms with Crippen molar-refractivity contribution < 1.29 is 23.9 Å². The molecule has 1 N–H and O–H groups in total. The Hall–Kier alpha value is -2.56. The van der Waals surface area contributed by atoms with Gasteiger partial charge in [-0.05, 0) is 61.1 Å². The second kappa shape index (κ2) is 9.09. The van der Waals surface area contributed by atoms with Crippen molar-refractivity contribution in [2.24, 2.45) is 0 Å². The van der Waals surface area contributed by atoms with Crippen LogP contribution in [-0.2, 0) is 11.3 Å². The first-order valence-electron chi connectivity index (χ1n) is 8.32. The number of amides is 1. The lowest BCUT2D eigenvalue weighted by molar-refractivity contribution is -0.384. The molecule has 0 fully saturated rings. The van der Waals surface area contributed by atoms with Gasteiger partial charge in [0.15, 0.2) is 0 Å². The largest absolute Gasteiger partial charge is 0.497 e. The molecule has 28 heavy (non-hydrogen) atoms. The van der Waals surface area contributed by atoms with Crippen LogP contribution in [0, 0.1) is 13.7 Å². The molecule has 0 unspecified atom stereocenters. The molecule has 150 valence electrons. The summed E-state index contributed by atoms with van der Waals surface area (Å²) in [6.07, 6.45) is -0.780. The molecule has 0 atom stereocenters. The highest BCUT2D eigenvalue weighted by Crippen LogP contribution is 2.34. The van der Waals surface area contributed by atoms with E-state index in [1.54, 1.807) is 27.9 Å². The molecule has 0 bridgehead atoms. The van der Waals surface area contributed by atoms with Gasteiger partial charge in [-0.3, -0.25) is 15.4 Å². The minimum Gasteiger partial charge on any atom is -0.497 e. The lowest BCUT2D eigenvalue weighted by Gasteiger charge is -2.20. The van der Waals surface area contributed by atoms with E-state index < -0.39 is 16.6 Å². The number of nitrogens with one attached hydrogen (secondary N) is 1. The highest BCUT2D eigenvalue weighted by atomic mass is 127. The Labute approximate surface area is 176 Å². The van der Waals surface area contributed by atoms with Crippen LogP contribution in [-0.4, -0.2) is 23.7 Å². The third-order valence-corrected chi connectivity index (χ3v) is 4.28. The lowest BCUT2D eigenvalue weighted by atomic mass is 10.2. The Morgan fingerprint density at radius 2 is 1.86 bits per heavy atom. The van der Waals surface area contributed by atoms with E-state index in [1.807, 2.05) is 46.9 Å². The van der Waals surface area contributed by atoms with E-state index in [1.165, 1.54) is 12.1 Å². The maximum atomic E-state index is 12.0. The predicted molar refractivity (Wildman–Crippen MR) is 113 cm³/mol. The zero-order chi connectivity index (χ0) is 20.9. The van der Waals surface area contributed by atoms with Crippen LogP contribution < -0.4 is 14.8 Å². The van der Waals surface area contributed by atoms with Crippen LogP contribution in [0.25, 0.3) is 0 Å². The molecule has 0 aromatic heterocycles. The minimum atomic E-state index is -0.780. The number of halogens is 1. The zero-order valence-corrected chi connectivity index (χ0v) is 18.1. The SMILES string of the molecule is COc1ccc(COc2cc(NC(=O)OC(C)(C)C)c([N+](=O)[O-])cc2I)cc1. The fourth-order valence-electron chi connectivity index (χ4n) is 2.20. The molecule has 1 amide bonds. The van der Waals surface area contributed by atoms with Crippen LogP contribution in [0.2, 0.25) is 0 Å². The molecule has 9 heteroatoms. The summed E-state index contributed by atoms with van der Waals surface area (Å²) in [5, 5.41) is 13.8. The topological polar surface area (TPSA) is 99.9 Å². The van der Waals surface area contributed by atoms with Gasteiger partial charge < -0.3 is 14.2 Å². The molecule has 0 radical (unpaired) electrons. The second-order valence-electron chi connectivity index (χ2n) is 6.82. The molecule has 0 heterocycles. The molecular weight excluding hydrogens is 479 g/mol. The average molecular weight is 500 g/mol. The van der Waals surface area contributed by atoms with E-state index in [0.717, 1.165) is 11.3 Å². The van der Waals surface area contributed by atoms with Crippen LogP contribution in [0.3, 0.4) is 0 Å². The van der Waals surface area contributed by atoms with Crippen LogP contribution in [0.4, 0.5) is 16.2 Å². The third kappa shape index (κ3) is 6.25. The summed E-state index contributed by atoms with van der Waals surface area (Å²) in [4.78, 5) is 22.8. The van der Waals surface area contributed by atoms with Gasteiger partial charge in [0, 0.05) is 12.1 Å². The van der Waals surface area contributed by atoms with Crippen molar-refractivity contribution >= 4 is 40.1 Å². The van der Waals surface area contributed by atoms with Gasteiger partial charge in [-0.1, -0.05) is 12.1 Å². The second-order valence-corrected chi connectivity index (χ2v) is 7.98. The van der Waals surface area contributed by atoms with Crippen molar-refractivity contribution in [1.82, 2.24) is 0 Å². The van der Waals surface area contributed by atoms with Crippen molar-refractivity contribution in [2.45, 2.75) is 33.0 Å². The Balaban J connectivity index is 2.21. The molecule has 2 aromatic carbocycles. The zero-order valence-electron chi connectivity index (χ0n) is 15.9. The van der Waals surface area contributed by atoms with Gasteiger partial charge in [-0.2, -0.15) is 0 Å². The lowest BCUT2D eigenvalue weighted by Crippen LogP contribution is -2.27. The van der Waals surface area contributed by atoms with Gasteiger partial charge in [0.05, 0.1) is 15.6 Å². The van der Waals surface area contributed by atoms with Gasteiger partial charge in [-0.25, -0.2) is 4.79 Å². The van der Waals surface area contributed by atoms with E-state index in [-0.39, 0.29) is 18.0 Å². The van der Waals surface area contributed by atoms with Crippen LogP contribution in [0.5, 0.6) is 11.5 Å². The Bertz CT molecular complexity index is 862. The number of rotatable bonds is 6. The smallest absolute Gasteiger partial charge is 0.412 e. The quantitative estimate of drug-likeness (QED) is 0.335. The highest BCUT2D eigenvalue weighted by Gasteiger charge is 2.23. The van der Waals surface area contributed by atoms with Crippen LogP contribution in [0.15, 0.2) is 36.4 Å². The van der Waals surface area contributed by atoms with Crippen molar-refractivity contribution in [3.05, 3.63) is 55.6 Å². The Morgan fingerprint density at radius 1 is 1.21 bits per heavy atom. The predicted octanol–water partition coefficient (Wildman–Crippen LogP) is 5.13. The van der Waals surface area contributed by atoms with E-state index in [4.69, 9.17) is 14.2 Å². The molecule has 0 spiro atoms. The number of carbonyl (C=O) groups is 1. The van der Waals surface area contributed by atoms with Crippen molar-refractivity contribution in [2.75, 3.05) is 12.4 Å². The number of methoxy groups -OCH3 is 1. The number of nitro groups is 1. The summed E-state index contributed by atoms with van der Waals surface area (Å²) < 4.78 is 16.6. The first-order valence-corrected chi connectivity index (χ1v) is 9.40. The fourth-order valence-corrected chi connectivity index (χ4v) is 2.81. The van der Waals surface area contributed by atoms with E-state index in [2.05, 4.69) is 5.32 Å². The molecule has 2 rings (SSSR count). The van der Waals surface area contributed by atoms with E-state index >= 15 is 0 Å². The summed E-state index contributed by atoms with van der Waals surface area (Å²) in [6, 6.07) is 10.1. The number of nitrogens with zero attached hydrogens (tertiary/aromatic N) is 1. The van der Waals surface area contributed by atoms with Gasteiger partial charge >= 0.3 is 6.09 Å². The van der Waals surface area contributed by atoms with Crippen molar-refractivity contribution in [3.8, 4) is 11.5 Å². The molecule has 2 aromatic rings. The van der Waals surface area contributed by atoms with Crippen molar-refractivity contribution in [3.63, 3.8) is 0 Å². The summed E-state index contributed by atoms with van der Waals surface area (Å²) in [7, 11) is 1.59. The number of benzene rings is 2. The molecule has 0 aliphatic carbocycles. The number of hydrogen-bond acceptors (Lipinski definition) is 6. The molecule has 0 aliphatic rings. The molecular formula is C19H21IN2O6. The molecule has 8 nitrogen and oxygen atoms in total. The Kier molecular flexibility index (Phi) is 7.05. The summed E-state index contributed by atoms with van der Waals surface area (Å²) >= 11 is 1.95. The number of nitro benzene ring substituents is 1. The average Bonchev–Trinajstić information content (AvgIpc) is 2.60. The maximum Gasteiger partial charge on any atom is 0.412 e. The van der Waals surface area contributed by atoms with Crippen molar-refractivity contribution in [1.29, 1.82) is 0 Å². The number of hydrogen-bond donors (Lipinski definition) is 1. The normalized spacial score (nSPS) is 10.9. The minimum absolute atomic E-state index is 0.00407. The first-order chi connectivity index (χ1) is 13.1. The third-order valence-electron chi connectivity index (χ3n) is 3.44. The standard InChI is InChI=1S/C19H21IN2O6/c1-19(2,3)28-18(23)21-15-10-17(14(20)9-16(15)22(24)25)27-11-12-5-7-13(26-4)8-6-12/h5-10H,11H2,1-4H3,(H,21,23). The molecule has 0 saturated carbocycles. The van der Waals surface area contributed by atoms with E-state index in [9.17, 15) is 14.9 Å². The Morgan fingerprint density at radius 3 is 2.39 bits per heavy atom. The first kappa shape index (κ1) is 21.7. The maximum absolute atomic E-state index is 12.0. The summed E-state index contributed by atoms with van der Waals surface area (Å²) in [5.74, 6) is 1.14. The van der Waals surface area contributed by atoms with Crippen LogP contribution >= 0.6 is 22.6 Å². The van der Waals surface area contributed by atoms with E-state index in [0.29, 0.717) is 9.32 Å². The van der Waals surface area contributed by atoms with Gasteiger partial charge in [0.2, 0.25) is 0 Å². The number of carbonyl (C=O) groups excluding carboxylic acids is 1. The fraction of sp³-hybridized carbons (Fsp3) is 0.316. The molecule has 0 saturated heterocycles. The number of ether oxygens (including phenoxy) is 3. The van der Waals surface area contributed by atoms with Gasteiger partial charge in [-0.15, -0.1) is 0 Å². The highest BCUT2D eigenvalue weighted by molar-refractivity contribution is 14.1. The van der Waals surface area contributed by atoms with Gasteiger partial charge in [0.25, 0.3) is 5.69 Å². The number of anilines is 1. The molecule has 0 aliphatic heterocycles. The monoisotopic (exact) mass is 500 g/mol. The van der Waals surface area contributed by atoms with Gasteiger partial charge in [0.1, 0.15) is 29.4 Å².